The van der Waals surface area contributed by atoms with Crippen molar-refractivity contribution >= 4 is 126 Å². The van der Waals surface area contributed by atoms with Gasteiger partial charge in [0.1, 0.15) is 0 Å². The first-order chi connectivity index (χ1) is 39.2. The van der Waals surface area contributed by atoms with Crippen molar-refractivity contribution in [2.24, 2.45) is 0 Å². The van der Waals surface area contributed by atoms with Gasteiger partial charge < -0.3 is 69.0 Å². The van der Waals surface area contributed by atoms with Crippen LogP contribution in [0.3, 0.4) is 0 Å². The van der Waals surface area contributed by atoms with Crippen molar-refractivity contribution in [3.8, 4) is 0 Å². The molecule has 0 amide bonds. The van der Waals surface area contributed by atoms with E-state index in [1.54, 1.807) is 68.8 Å². The highest BCUT2D eigenvalue weighted by atomic mass is 35.5. The predicted molar refractivity (Wildman–Crippen MR) is 323 cm³/mol. The molecule has 1 unspecified atom stereocenters. The molecule has 0 fully saturated rings. The van der Waals surface area contributed by atoms with Gasteiger partial charge in [0.05, 0.1) is 82.4 Å². The van der Waals surface area contributed by atoms with E-state index < -0.39 is 30.2 Å². The van der Waals surface area contributed by atoms with Crippen molar-refractivity contribution in [2.75, 3.05) is 67.9 Å². The van der Waals surface area contributed by atoms with Crippen molar-refractivity contribution in [1.82, 2.24) is 15.0 Å². The SMILES string of the molecule is COC(=O)c1cc2cc(C)[nH]c2cc1Cl.COC(=O)c1ccc(N)cc1Cl.COC(=O)c1ccc(NC(C)C(OC)OC)cc1Cl.COC(=O)c1ccc2[nH]c(C)cc2c1C.COC(OC)C(C)=O.Cc1cc2cc(C(=O)O)c(Cl)cc2[nH]1. The predicted octanol–water partition coefficient (Wildman–Crippen LogP) is 12.8. The third kappa shape index (κ3) is 20.0. The number of carboxylic acids is 1. The van der Waals surface area contributed by atoms with Crippen LogP contribution >= 0.6 is 46.4 Å². The van der Waals surface area contributed by atoms with E-state index in [1.165, 1.54) is 61.7 Å². The van der Waals surface area contributed by atoms with Crippen LogP contribution in [-0.4, -0.2) is 131 Å². The number of anilines is 2. The second-order valence-corrected chi connectivity index (χ2v) is 19.4. The van der Waals surface area contributed by atoms with Crippen molar-refractivity contribution in [1.29, 1.82) is 0 Å². The number of aryl methyl sites for hydroxylation is 4. The molecule has 446 valence electrons. The summed E-state index contributed by atoms with van der Waals surface area (Å²) < 4.78 is 38.0. The maximum Gasteiger partial charge on any atom is 0.339 e. The van der Waals surface area contributed by atoms with E-state index in [9.17, 15) is 28.8 Å². The average Bonchev–Trinajstić information content (AvgIpc) is 4.29. The molecule has 0 aliphatic carbocycles. The molecule has 0 saturated carbocycles. The molecule has 0 saturated heterocycles. The van der Waals surface area contributed by atoms with E-state index in [0.29, 0.717) is 43.0 Å². The zero-order chi connectivity index (χ0) is 62.4. The molecule has 0 bridgehead atoms. The summed E-state index contributed by atoms with van der Waals surface area (Å²) in [5.74, 6) is -2.74. The van der Waals surface area contributed by atoms with Gasteiger partial charge in [-0.3, -0.25) is 4.79 Å². The molecule has 83 heavy (non-hydrogen) atoms. The molecule has 3 heterocycles. The molecule has 5 aromatic carbocycles. The highest BCUT2D eigenvalue weighted by Gasteiger charge is 2.19. The lowest BCUT2D eigenvalue weighted by Gasteiger charge is -2.23. The minimum Gasteiger partial charge on any atom is -0.478 e. The summed E-state index contributed by atoms with van der Waals surface area (Å²) >= 11 is 23.5. The smallest absolute Gasteiger partial charge is 0.339 e. The van der Waals surface area contributed by atoms with Gasteiger partial charge in [-0.25, -0.2) is 24.0 Å². The number of halogens is 4. The number of hydrogen-bond donors (Lipinski definition) is 6. The number of carboxylic acid groups (broad SMARTS) is 1. The fourth-order valence-corrected chi connectivity index (χ4v) is 8.81. The zero-order valence-corrected chi connectivity index (χ0v) is 51.2. The molecule has 1 atom stereocenters. The van der Waals surface area contributed by atoms with Gasteiger partial charge in [-0.2, -0.15) is 0 Å². The number of fused-ring (bicyclic) bond motifs is 3. The molecule has 0 aliphatic rings. The second kappa shape index (κ2) is 33.4. The van der Waals surface area contributed by atoms with E-state index >= 15 is 0 Å². The number of methoxy groups -OCH3 is 8. The average molecular weight is 1230 g/mol. The zero-order valence-electron chi connectivity index (χ0n) is 48.1. The Hall–Kier alpha value is -7.66. The van der Waals surface area contributed by atoms with Gasteiger partial charge in [-0.05, 0) is 138 Å². The lowest BCUT2D eigenvalue weighted by atomic mass is 10.0. The molecular formula is C59H67Cl4N5O15. The van der Waals surface area contributed by atoms with Crippen LogP contribution in [0.2, 0.25) is 20.1 Å². The summed E-state index contributed by atoms with van der Waals surface area (Å²) in [6, 6.07) is 25.8. The highest BCUT2D eigenvalue weighted by Crippen LogP contribution is 2.28. The van der Waals surface area contributed by atoms with Gasteiger partial charge in [-0.15, -0.1) is 0 Å². The Morgan fingerprint density at radius 2 is 0.904 bits per heavy atom. The quantitative estimate of drug-likeness (QED) is 0.0271. The molecule has 20 nitrogen and oxygen atoms in total. The van der Waals surface area contributed by atoms with Gasteiger partial charge in [0.2, 0.25) is 6.29 Å². The van der Waals surface area contributed by atoms with Gasteiger partial charge in [0, 0.05) is 89.6 Å². The number of esters is 4. The monoisotopic (exact) mass is 1230 g/mol. The minimum atomic E-state index is -1.00. The van der Waals surface area contributed by atoms with Crippen molar-refractivity contribution in [3.05, 3.63) is 162 Å². The lowest BCUT2D eigenvalue weighted by molar-refractivity contribution is -0.154. The number of aromatic carboxylic acids is 1. The Bertz CT molecular complexity index is 3520. The van der Waals surface area contributed by atoms with Gasteiger partial charge in [0.15, 0.2) is 12.1 Å². The molecular weight excluding hydrogens is 1160 g/mol. The van der Waals surface area contributed by atoms with E-state index in [2.05, 4.69) is 44.0 Å². The van der Waals surface area contributed by atoms with Crippen LogP contribution < -0.4 is 11.1 Å². The Morgan fingerprint density at radius 3 is 1.34 bits per heavy atom. The molecule has 0 spiro atoms. The number of rotatable bonds is 13. The van der Waals surface area contributed by atoms with Crippen LogP contribution in [0, 0.1) is 27.7 Å². The number of Topliss-reactive ketones (excluding diaryl/α,β-unsaturated/α-hetero) is 1. The molecule has 0 aliphatic heterocycles. The fraction of sp³-hybridized carbons (Fsp3) is 0.288. The molecule has 24 heteroatoms. The van der Waals surface area contributed by atoms with Gasteiger partial charge >= 0.3 is 29.8 Å². The van der Waals surface area contributed by atoms with Crippen LogP contribution in [0.15, 0.2) is 91.0 Å². The Balaban J connectivity index is 0.000000265. The van der Waals surface area contributed by atoms with Crippen LogP contribution in [0.5, 0.6) is 0 Å². The number of aromatic amines is 3. The summed E-state index contributed by atoms with van der Waals surface area (Å²) in [6.07, 6.45) is -1.06. The summed E-state index contributed by atoms with van der Waals surface area (Å²) in [5, 5.41) is 16.2. The Morgan fingerprint density at radius 1 is 0.494 bits per heavy atom. The summed E-state index contributed by atoms with van der Waals surface area (Å²) in [7, 11) is 11.3. The maximum absolute atomic E-state index is 11.5. The number of nitrogen functional groups attached to an aromatic ring is 1. The Labute approximate surface area is 500 Å². The fourth-order valence-electron chi connectivity index (χ4n) is 7.80. The molecule has 8 aromatic rings. The van der Waals surface area contributed by atoms with E-state index in [-0.39, 0.29) is 34.7 Å². The number of aromatic nitrogens is 3. The summed E-state index contributed by atoms with van der Waals surface area (Å²) in [5.41, 5.74) is 15.4. The van der Waals surface area contributed by atoms with Crippen LogP contribution in [-0.2, 0) is 42.7 Å². The van der Waals surface area contributed by atoms with Gasteiger partial charge in [0.25, 0.3) is 0 Å². The number of carbonyl (C=O) groups excluding carboxylic acids is 5. The number of nitrogens with one attached hydrogen (secondary N) is 4. The molecule has 0 radical (unpaired) electrons. The van der Waals surface area contributed by atoms with Crippen molar-refractivity contribution in [3.63, 3.8) is 0 Å². The third-order valence-corrected chi connectivity index (χ3v) is 13.0. The van der Waals surface area contributed by atoms with E-state index in [1.807, 2.05) is 58.9 Å². The van der Waals surface area contributed by atoms with Crippen molar-refractivity contribution < 1.29 is 71.8 Å². The number of carbonyl (C=O) groups is 6. The minimum absolute atomic E-state index is 0.0740. The largest absolute Gasteiger partial charge is 0.478 e. The molecule has 8 rings (SSSR count). The van der Waals surface area contributed by atoms with Crippen LogP contribution in [0.25, 0.3) is 32.7 Å². The second-order valence-electron chi connectivity index (χ2n) is 17.8. The topological polar surface area (TPSA) is 282 Å². The van der Waals surface area contributed by atoms with Crippen LogP contribution in [0.4, 0.5) is 11.4 Å². The molecule has 3 aromatic heterocycles. The third-order valence-electron chi connectivity index (χ3n) is 11.7. The maximum atomic E-state index is 11.5. The first kappa shape index (κ1) is 69.6. The first-order valence-electron chi connectivity index (χ1n) is 24.7. The van der Waals surface area contributed by atoms with Crippen LogP contribution in [0.1, 0.15) is 88.3 Å². The van der Waals surface area contributed by atoms with Crippen molar-refractivity contribution in [2.45, 2.75) is 60.2 Å². The lowest BCUT2D eigenvalue weighted by Crippen LogP contribution is -2.33. The molecule has 7 N–H and O–H groups in total. The number of ether oxygens (including phenoxy) is 8. The number of H-pyrrole nitrogens is 3. The van der Waals surface area contributed by atoms with E-state index in [0.717, 1.165) is 61.0 Å². The number of ketones is 1. The first-order valence-corrected chi connectivity index (χ1v) is 26.2. The summed E-state index contributed by atoms with van der Waals surface area (Å²) in [6.45, 7) is 11.1. The summed E-state index contributed by atoms with van der Waals surface area (Å²) in [4.78, 5) is 75.8. The number of hydrogen-bond acceptors (Lipinski definition) is 16. The standard InChI is InChI=1S/C13H18ClNO4.C12H13NO2.C11H10ClNO2.C10H8ClNO2.C8H8ClNO2.C5H10O3/c1-8(13(18-3)19-4)15-9-5-6-10(11(14)7-9)12(16)17-2;1-7-6-10-8(2)9(12(14)15-3)4-5-11(10)13-7;1-6-3-7-4-8(11(14)15-2)9(12)5-10(7)13-6;1-5-2-6-3-7(10(13)14)8(11)4-9(6)12-5;1-12-8(11)6-3-2-5(10)4-7(6)9;1-4(6)5(7-2)8-3/h5-8,13,15H,1-4H3;4-6,13H,1-3H3;3-5,13H,1-2H3;2-4,12H,1H3,(H,13,14);2-4H,10H2,1H3;5H,1-3H3. The Kier molecular flexibility index (Phi) is 28.0. The normalized spacial score (nSPS) is 10.8. The number of nitrogens with two attached hydrogens (primary N) is 1. The number of benzene rings is 5. The van der Waals surface area contributed by atoms with Gasteiger partial charge in [-0.1, -0.05) is 46.4 Å². The van der Waals surface area contributed by atoms with E-state index in [4.69, 9.17) is 71.5 Å². The highest BCUT2D eigenvalue weighted by molar-refractivity contribution is 6.35.